The van der Waals surface area contributed by atoms with Gasteiger partial charge in [0.1, 0.15) is 0 Å². The van der Waals surface area contributed by atoms with Gasteiger partial charge in [-0.15, -0.1) is 0 Å². The van der Waals surface area contributed by atoms with E-state index in [9.17, 15) is 0 Å². The second-order valence-corrected chi connectivity index (χ2v) is 6.42. The van der Waals surface area contributed by atoms with Crippen molar-refractivity contribution < 1.29 is 0 Å². The molecule has 1 rings (SSSR count). The molecule has 0 saturated heterocycles. The molecule has 1 aliphatic carbocycles. The Morgan fingerprint density at radius 2 is 1.60 bits per heavy atom. The lowest BCUT2D eigenvalue weighted by Gasteiger charge is -2.46. The van der Waals surface area contributed by atoms with Crippen molar-refractivity contribution in [3.8, 4) is 0 Å². The fraction of sp³-hybridized carbons (Fsp3) is 1.00. The normalized spacial score (nSPS) is 34.2. The van der Waals surface area contributed by atoms with Gasteiger partial charge in [0, 0.05) is 0 Å². The van der Waals surface area contributed by atoms with Crippen LogP contribution in [0.4, 0.5) is 0 Å². The van der Waals surface area contributed by atoms with Crippen LogP contribution in [-0.2, 0) is 0 Å². The van der Waals surface area contributed by atoms with Gasteiger partial charge in [-0.05, 0) is 42.4 Å². The van der Waals surface area contributed by atoms with E-state index in [2.05, 4.69) is 34.6 Å². The summed E-state index contributed by atoms with van der Waals surface area (Å²) >= 11 is 0. The van der Waals surface area contributed by atoms with Crippen LogP contribution in [0.2, 0.25) is 0 Å². The highest BCUT2D eigenvalue weighted by Gasteiger charge is 2.38. The monoisotopic (exact) mass is 212 g/mol. The lowest BCUT2D eigenvalue weighted by Crippen LogP contribution is -2.34. The average Bonchev–Trinajstić information content (AvgIpc) is 2.02. The van der Waals surface area contributed by atoms with Crippen molar-refractivity contribution >= 4 is 0 Å². The lowest BCUT2D eigenvalue weighted by atomic mass is 9.60. The molecule has 0 N–H and O–H groups in total. The highest BCUT2D eigenvalue weighted by Crippen LogP contribution is 2.50. The van der Waals surface area contributed by atoms with Gasteiger partial charge in [-0.1, -0.05) is 54.9 Å². The van der Waals surface area contributed by atoms with Crippen molar-refractivity contribution in [1.82, 2.24) is 0 Å². The smallest absolute Gasteiger partial charge is 0.0318 e. The Hall–Kier alpha value is 0. The molecule has 0 heterocycles. The van der Waals surface area contributed by atoms with Crippen LogP contribution < -0.4 is 0 Å². The largest absolute Gasteiger partial charge is 0.0683 e. The van der Waals surface area contributed by atoms with Crippen LogP contribution in [0, 0.1) is 16.7 Å². The van der Waals surface area contributed by atoms with Crippen LogP contribution in [0.25, 0.3) is 0 Å². The molecule has 1 fully saturated rings. The molecule has 0 spiro atoms. The zero-order chi connectivity index (χ0) is 12.1. The average molecular weight is 212 g/mol. The van der Waals surface area contributed by atoms with Crippen LogP contribution in [0.3, 0.4) is 0 Å². The Kier molecular flexibility index (Phi) is 5.92. The number of rotatable bonds is 2. The minimum atomic E-state index is 0.585. The summed E-state index contributed by atoms with van der Waals surface area (Å²) in [7, 11) is 0. The topological polar surface area (TPSA) is 0 Å². The molecule has 0 nitrogen and oxygen atoms in total. The molecule has 1 saturated carbocycles. The molecule has 0 heteroatoms. The lowest BCUT2D eigenvalue weighted by molar-refractivity contribution is 0.0538. The maximum absolute atomic E-state index is 2.49. The fourth-order valence-corrected chi connectivity index (χ4v) is 3.95. The van der Waals surface area contributed by atoms with Crippen molar-refractivity contribution in [3.05, 3.63) is 0 Å². The molecule has 0 aromatic heterocycles. The van der Waals surface area contributed by atoms with Crippen LogP contribution >= 0.6 is 0 Å². The summed E-state index contributed by atoms with van der Waals surface area (Å²) in [5, 5.41) is 0. The van der Waals surface area contributed by atoms with E-state index in [1.165, 1.54) is 32.1 Å². The van der Waals surface area contributed by atoms with Gasteiger partial charge < -0.3 is 0 Å². The van der Waals surface area contributed by atoms with E-state index in [-0.39, 0.29) is 0 Å². The molecule has 0 bridgehead atoms. The summed E-state index contributed by atoms with van der Waals surface area (Å²) < 4.78 is 0. The highest BCUT2D eigenvalue weighted by molar-refractivity contribution is 4.89. The van der Waals surface area contributed by atoms with Gasteiger partial charge in [-0.3, -0.25) is 0 Å². The second-order valence-electron chi connectivity index (χ2n) is 6.42. The van der Waals surface area contributed by atoms with Crippen molar-refractivity contribution in [2.24, 2.45) is 16.7 Å². The molecular weight excluding hydrogens is 180 g/mol. The van der Waals surface area contributed by atoms with Crippen LogP contribution in [0.5, 0.6) is 0 Å². The SMILES string of the molecule is CC.CCCC1(C)CC(C)CC(C)(C)C1. The predicted octanol–water partition coefficient (Wildman–Crippen LogP) is 5.67. The van der Waals surface area contributed by atoms with Gasteiger partial charge in [0.2, 0.25) is 0 Å². The molecular formula is C15H32. The summed E-state index contributed by atoms with van der Waals surface area (Å²) in [6, 6.07) is 0. The Bertz CT molecular complexity index is 169. The zero-order valence-electron chi connectivity index (χ0n) is 12.1. The first-order chi connectivity index (χ1) is 6.87. The summed E-state index contributed by atoms with van der Waals surface area (Å²) in [6.07, 6.45) is 7.06. The zero-order valence-corrected chi connectivity index (χ0v) is 12.1. The number of hydrogen-bond acceptors (Lipinski definition) is 0. The fourth-order valence-electron chi connectivity index (χ4n) is 3.95. The molecule has 1 aliphatic rings. The molecule has 92 valence electrons. The van der Waals surface area contributed by atoms with E-state index in [0.29, 0.717) is 10.8 Å². The predicted molar refractivity (Wildman–Crippen MR) is 71.2 cm³/mol. The quantitative estimate of drug-likeness (QED) is 0.553. The molecule has 2 unspecified atom stereocenters. The molecule has 0 aliphatic heterocycles. The third-order valence-electron chi connectivity index (χ3n) is 3.50. The number of hydrogen-bond donors (Lipinski definition) is 0. The van der Waals surface area contributed by atoms with Crippen LogP contribution in [0.1, 0.15) is 80.6 Å². The Labute approximate surface area is 97.8 Å². The van der Waals surface area contributed by atoms with E-state index >= 15 is 0 Å². The van der Waals surface area contributed by atoms with E-state index in [0.717, 1.165) is 5.92 Å². The first-order valence-corrected chi connectivity index (χ1v) is 6.87. The molecule has 0 amide bonds. The van der Waals surface area contributed by atoms with Gasteiger partial charge >= 0.3 is 0 Å². The van der Waals surface area contributed by atoms with Gasteiger partial charge in [-0.25, -0.2) is 0 Å². The summed E-state index contributed by atoms with van der Waals surface area (Å²) in [5.41, 5.74) is 1.22. The third kappa shape index (κ3) is 5.04. The standard InChI is InChI=1S/C13H26.C2H6/c1-6-7-13(5)9-11(2)8-12(3,4)10-13;1-2/h11H,6-10H2,1-5H3;1-2H3. The van der Waals surface area contributed by atoms with Crippen molar-refractivity contribution in [2.45, 2.75) is 80.6 Å². The molecule has 0 radical (unpaired) electrons. The second kappa shape index (κ2) is 5.92. The molecule has 0 aromatic rings. The maximum atomic E-state index is 2.49. The first-order valence-electron chi connectivity index (χ1n) is 6.87. The van der Waals surface area contributed by atoms with Gasteiger partial charge in [0.25, 0.3) is 0 Å². The van der Waals surface area contributed by atoms with Crippen molar-refractivity contribution in [3.63, 3.8) is 0 Å². The highest BCUT2D eigenvalue weighted by atomic mass is 14.4. The van der Waals surface area contributed by atoms with E-state index in [4.69, 9.17) is 0 Å². The van der Waals surface area contributed by atoms with E-state index < -0.39 is 0 Å². The Morgan fingerprint density at radius 1 is 1.07 bits per heavy atom. The minimum absolute atomic E-state index is 0.585. The Morgan fingerprint density at radius 3 is 2.00 bits per heavy atom. The van der Waals surface area contributed by atoms with Gasteiger partial charge in [0.15, 0.2) is 0 Å². The molecule has 0 aromatic carbocycles. The minimum Gasteiger partial charge on any atom is -0.0683 e. The summed E-state index contributed by atoms with van der Waals surface area (Å²) in [4.78, 5) is 0. The summed E-state index contributed by atoms with van der Waals surface area (Å²) in [5.74, 6) is 0.931. The third-order valence-corrected chi connectivity index (χ3v) is 3.50. The summed E-state index contributed by atoms with van der Waals surface area (Å²) in [6.45, 7) is 16.1. The van der Waals surface area contributed by atoms with Crippen molar-refractivity contribution in [1.29, 1.82) is 0 Å². The Balaban J connectivity index is 0.000000921. The first kappa shape index (κ1) is 15.0. The van der Waals surface area contributed by atoms with E-state index in [1.54, 1.807) is 0 Å². The molecule has 2 atom stereocenters. The van der Waals surface area contributed by atoms with Crippen LogP contribution in [-0.4, -0.2) is 0 Å². The maximum Gasteiger partial charge on any atom is -0.0318 e. The van der Waals surface area contributed by atoms with Gasteiger partial charge in [0.05, 0.1) is 0 Å². The van der Waals surface area contributed by atoms with E-state index in [1.807, 2.05) is 13.8 Å². The molecule has 15 heavy (non-hydrogen) atoms. The van der Waals surface area contributed by atoms with Crippen LogP contribution in [0.15, 0.2) is 0 Å². The van der Waals surface area contributed by atoms with Gasteiger partial charge in [-0.2, -0.15) is 0 Å². The van der Waals surface area contributed by atoms with Crippen molar-refractivity contribution in [2.75, 3.05) is 0 Å².